The molecule has 0 radical (unpaired) electrons. The first-order valence-corrected chi connectivity index (χ1v) is 10.0. The molecular weight excluding hydrogens is 314 g/mol. The number of anilines is 2. The SMILES string of the molecule is C=C(C)N(c1ccc(C(C)CC)cc1)c1ccc(C(C)(CC)CC)cc1. The third-order valence-electron chi connectivity index (χ3n) is 6.10. The molecule has 0 N–H and O–H groups in total. The van der Waals surface area contributed by atoms with Gasteiger partial charge < -0.3 is 4.90 Å². The summed E-state index contributed by atoms with van der Waals surface area (Å²) < 4.78 is 0. The Labute approximate surface area is 160 Å². The fourth-order valence-electron chi connectivity index (χ4n) is 3.45. The van der Waals surface area contributed by atoms with Crippen LogP contribution in [0, 0.1) is 0 Å². The molecule has 0 amide bonds. The van der Waals surface area contributed by atoms with Crippen LogP contribution in [0.5, 0.6) is 0 Å². The summed E-state index contributed by atoms with van der Waals surface area (Å²) in [4.78, 5) is 2.24. The van der Waals surface area contributed by atoms with Crippen LogP contribution in [0.15, 0.2) is 60.8 Å². The number of rotatable bonds is 8. The van der Waals surface area contributed by atoms with Gasteiger partial charge in [-0.2, -0.15) is 0 Å². The molecule has 1 heteroatoms. The normalized spacial score (nSPS) is 12.7. The van der Waals surface area contributed by atoms with Gasteiger partial charge in [-0.3, -0.25) is 0 Å². The van der Waals surface area contributed by atoms with Gasteiger partial charge in [0, 0.05) is 17.1 Å². The Kier molecular flexibility index (Phi) is 6.69. The van der Waals surface area contributed by atoms with Crippen molar-refractivity contribution in [2.75, 3.05) is 4.90 Å². The van der Waals surface area contributed by atoms with Crippen molar-refractivity contribution in [3.63, 3.8) is 0 Å². The quantitative estimate of drug-likeness (QED) is 0.467. The van der Waals surface area contributed by atoms with Crippen molar-refractivity contribution in [1.29, 1.82) is 0 Å². The molecule has 0 aromatic heterocycles. The fourth-order valence-corrected chi connectivity index (χ4v) is 3.45. The van der Waals surface area contributed by atoms with E-state index in [1.54, 1.807) is 0 Å². The lowest BCUT2D eigenvalue weighted by molar-refractivity contribution is 0.439. The Morgan fingerprint density at radius 1 is 0.923 bits per heavy atom. The molecule has 0 spiro atoms. The van der Waals surface area contributed by atoms with Crippen LogP contribution in [0.1, 0.15) is 77.8 Å². The number of hydrogen-bond acceptors (Lipinski definition) is 1. The second-order valence-corrected chi connectivity index (χ2v) is 7.79. The molecule has 0 bridgehead atoms. The summed E-state index contributed by atoms with van der Waals surface area (Å²) in [5, 5.41) is 0. The number of allylic oxidation sites excluding steroid dienone is 1. The number of nitrogens with zero attached hydrogens (tertiary/aromatic N) is 1. The molecule has 0 heterocycles. The summed E-state index contributed by atoms with van der Waals surface area (Å²) in [6.07, 6.45) is 3.48. The van der Waals surface area contributed by atoms with Gasteiger partial charge in [-0.05, 0) is 72.9 Å². The largest absolute Gasteiger partial charge is 0.315 e. The van der Waals surface area contributed by atoms with Crippen molar-refractivity contribution in [3.05, 3.63) is 71.9 Å². The molecule has 0 saturated heterocycles. The fraction of sp³-hybridized carbons (Fsp3) is 0.440. The zero-order chi connectivity index (χ0) is 19.3. The smallest absolute Gasteiger partial charge is 0.0458 e. The molecule has 0 aliphatic rings. The molecule has 0 aliphatic carbocycles. The average Bonchev–Trinajstić information content (AvgIpc) is 2.67. The number of benzene rings is 2. The maximum Gasteiger partial charge on any atom is 0.0458 e. The van der Waals surface area contributed by atoms with Crippen molar-refractivity contribution in [2.45, 2.75) is 72.1 Å². The van der Waals surface area contributed by atoms with Crippen molar-refractivity contribution in [1.82, 2.24) is 0 Å². The monoisotopic (exact) mass is 349 g/mol. The third-order valence-corrected chi connectivity index (χ3v) is 6.10. The van der Waals surface area contributed by atoms with Gasteiger partial charge in [0.1, 0.15) is 0 Å². The molecule has 1 nitrogen and oxygen atoms in total. The lowest BCUT2D eigenvalue weighted by Crippen LogP contribution is -2.20. The van der Waals surface area contributed by atoms with E-state index < -0.39 is 0 Å². The predicted molar refractivity (Wildman–Crippen MR) is 116 cm³/mol. The minimum Gasteiger partial charge on any atom is -0.315 e. The molecule has 140 valence electrons. The van der Waals surface area contributed by atoms with Gasteiger partial charge >= 0.3 is 0 Å². The minimum absolute atomic E-state index is 0.254. The Morgan fingerprint density at radius 3 is 1.77 bits per heavy atom. The predicted octanol–water partition coefficient (Wildman–Crippen LogP) is 7.95. The topological polar surface area (TPSA) is 3.24 Å². The summed E-state index contributed by atoms with van der Waals surface area (Å²) >= 11 is 0. The highest BCUT2D eigenvalue weighted by atomic mass is 15.1. The van der Waals surface area contributed by atoms with Gasteiger partial charge in [-0.1, -0.05) is 65.5 Å². The van der Waals surface area contributed by atoms with Crippen LogP contribution in [0.4, 0.5) is 11.4 Å². The lowest BCUT2D eigenvalue weighted by Gasteiger charge is -2.29. The van der Waals surface area contributed by atoms with E-state index >= 15 is 0 Å². The van der Waals surface area contributed by atoms with Crippen molar-refractivity contribution >= 4 is 11.4 Å². The second kappa shape index (κ2) is 8.58. The molecular formula is C25H35N. The van der Waals surface area contributed by atoms with Gasteiger partial charge in [0.2, 0.25) is 0 Å². The highest BCUT2D eigenvalue weighted by molar-refractivity contribution is 5.68. The Balaban J connectivity index is 2.34. The Morgan fingerprint density at radius 2 is 1.38 bits per heavy atom. The van der Waals surface area contributed by atoms with Gasteiger partial charge in [0.15, 0.2) is 0 Å². The first-order valence-electron chi connectivity index (χ1n) is 10.0. The van der Waals surface area contributed by atoms with E-state index in [9.17, 15) is 0 Å². The molecule has 2 rings (SSSR count). The van der Waals surface area contributed by atoms with E-state index in [4.69, 9.17) is 0 Å². The van der Waals surface area contributed by atoms with E-state index in [1.165, 1.54) is 28.9 Å². The Bertz CT molecular complexity index is 705. The molecule has 2 aromatic rings. The maximum atomic E-state index is 4.21. The highest BCUT2D eigenvalue weighted by Gasteiger charge is 2.22. The van der Waals surface area contributed by atoms with E-state index in [0.29, 0.717) is 5.92 Å². The zero-order valence-electron chi connectivity index (χ0n) is 17.5. The van der Waals surface area contributed by atoms with Crippen molar-refractivity contribution in [3.8, 4) is 0 Å². The van der Waals surface area contributed by atoms with Crippen LogP contribution in [0.2, 0.25) is 0 Å². The Hall–Kier alpha value is -2.02. The van der Waals surface area contributed by atoms with Crippen LogP contribution in [0.3, 0.4) is 0 Å². The van der Waals surface area contributed by atoms with Crippen LogP contribution in [-0.4, -0.2) is 0 Å². The van der Waals surface area contributed by atoms with Gasteiger partial charge in [-0.15, -0.1) is 0 Å². The van der Waals surface area contributed by atoms with E-state index in [-0.39, 0.29) is 5.41 Å². The lowest BCUT2D eigenvalue weighted by atomic mass is 9.78. The standard InChI is InChI=1S/C25H35N/c1-8-20(6)21-11-15-23(16-12-21)26(19(4)5)24-17-13-22(14-18-24)25(7,9-2)10-3/h11-18,20H,4,8-10H2,1-3,5-7H3. The van der Waals surface area contributed by atoms with E-state index in [1.807, 2.05) is 0 Å². The second-order valence-electron chi connectivity index (χ2n) is 7.79. The third kappa shape index (κ3) is 4.20. The molecule has 1 unspecified atom stereocenters. The molecule has 0 fully saturated rings. The first-order chi connectivity index (χ1) is 12.4. The average molecular weight is 350 g/mol. The first kappa shape index (κ1) is 20.3. The van der Waals surface area contributed by atoms with Crippen LogP contribution < -0.4 is 4.90 Å². The van der Waals surface area contributed by atoms with Crippen LogP contribution in [-0.2, 0) is 5.41 Å². The van der Waals surface area contributed by atoms with Crippen molar-refractivity contribution < 1.29 is 0 Å². The summed E-state index contributed by atoms with van der Waals surface area (Å²) in [5.74, 6) is 0.599. The summed E-state index contributed by atoms with van der Waals surface area (Å²) in [5.41, 5.74) is 6.45. The van der Waals surface area contributed by atoms with E-state index in [2.05, 4.69) is 102 Å². The summed E-state index contributed by atoms with van der Waals surface area (Å²) in [6, 6.07) is 18.0. The highest BCUT2D eigenvalue weighted by Crippen LogP contribution is 2.35. The summed E-state index contributed by atoms with van der Waals surface area (Å²) in [6.45, 7) is 17.7. The van der Waals surface area contributed by atoms with Crippen molar-refractivity contribution in [2.24, 2.45) is 0 Å². The van der Waals surface area contributed by atoms with Gasteiger partial charge in [0.25, 0.3) is 0 Å². The number of hydrogen-bond donors (Lipinski definition) is 0. The van der Waals surface area contributed by atoms with Crippen LogP contribution in [0.25, 0.3) is 0 Å². The molecule has 0 saturated carbocycles. The van der Waals surface area contributed by atoms with Crippen LogP contribution >= 0.6 is 0 Å². The molecule has 0 aliphatic heterocycles. The molecule has 2 aromatic carbocycles. The van der Waals surface area contributed by atoms with Gasteiger partial charge in [-0.25, -0.2) is 0 Å². The molecule has 1 atom stereocenters. The molecule has 26 heavy (non-hydrogen) atoms. The van der Waals surface area contributed by atoms with Gasteiger partial charge in [0.05, 0.1) is 0 Å². The minimum atomic E-state index is 0.254. The summed E-state index contributed by atoms with van der Waals surface area (Å²) in [7, 11) is 0. The zero-order valence-corrected chi connectivity index (χ0v) is 17.5. The maximum absolute atomic E-state index is 4.21. The van der Waals surface area contributed by atoms with E-state index in [0.717, 1.165) is 18.5 Å².